The van der Waals surface area contributed by atoms with Crippen LogP contribution in [-0.4, -0.2) is 47.2 Å². The predicted molar refractivity (Wildman–Crippen MR) is 119 cm³/mol. The van der Waals surface area contributed by atoms with Gasteiger partial charge in [0.1, 0.15) is 5.75 Å². The average molecular weight is 401 g/mol. The zero-order valence-electron chi connectivity index (χ0n) is 16.7. The maximum atomic E-state index is 12.2. The summed E-state index contributed by atoms with van der Waals surface area (Å²) in [5.41, 5.74) is 11.8. The quantitative estimate of drug-likeness (QED) is 0.422. The number of aromatic hydroxyl groups is 1. The van der Waals surface area contributed by atoms with Crippen LogP contribution in [0.4, 0.5) is 5.69 Å². The fraction of sp³-hybridized carbons (Fsp3) is 0.217. The number of amides is 1. The van der Waals surface area contributed by atoms with E-state index in [1.54, 1.807) is 18.2 Å². The number of rotatable bonds is 3. The van der Waals surface area contributed by atoms with Gasteiger partial charge < -0.3 is 26.0 Å². The number of primary amides is 1. The number of pyridine rings is 1. The van der Waals surface area contributed by atoms with Crippen LogP contribution in [0.2, 0.25) is 0 Å². The molecule has 0 spiro atoms. The zero-order valence-corrected chi connectivity index (χ0v) is 16.7. The Morgan fingerprint density at radius 2 is 1.93 bits per heavy atom. The number of aromatic nitrogens is 2. The number of hydrogen-bond donors (Lipinski definition) is 4. The van der Waals surface area contributed by atoms with Crippen LogP contribution in [0.3, 0.4) is 0 Å². The third kappa shape index (κ3) is 3.04. The van der Waals surface area contributed by atoms with E-state index in [1.165, 1.54) is 0 Å². The minimum Gasteiger partial charge on any atom is -0.508 e. The van der Waals surface area contributed by atoms with Gasteiger partial charge in [0.2, 0.25) is 0 Å². The number of hydrogen-bond acceptors (Lipinski definition) is 5. The first kappa shape index (κ1) is 18.4. The summed E-state index contributed by atoms with van der Waals surface area (Å²) >= 11 is 0. The normalized spacial score (nSPS) is 14.5. The van der Waals surface area contributed by atoms with Gasteiger partial charge in [0.15, 0.2) is 0 Å². The largest absolute Gasteiger partial charge is 0.508 e. The standard InChI is InChI=1S/C23H23N5O2/c1-13-10-14(2-5-20(13)29)18-12-17(23(24)30)22-21(26-18)16-4-3-15(11-19(16)27-22)28-8-6-25-7-9-28/h2-5,10-12,25,27,29H,6-9H2,1H3,(H2,24,30). The molecule has 4 aromatic rings. The van der Waals surface area contributed by atoms with Crippen molar-refractivity contribution in [2.75, 3.05) is 31.1 Å². The molecule has 5 rings (SSSR count). The van der Waals surface area contributed by atoms with Crippen LogP contribution in [-0.2, 0) is 0 Å². The summed E-state index contributed by atoms with van der Waals surface area (Å²) in [7, 11) is 0. The van der Waals surface area contributed by atoms with E-state index in [9.17, 15) is 9.90 Å². The molecule has 1 saturated heterocycles. The number of aryl methyl sites for hydroxylation is 1. The van der Waals surface area contributed by atoms with Crippen LogP contribution in [0.5, 0.6) is 5.75 Å². The van der Waals surface area contributed by atoms with Crippen molar-refractivity contribution in [1.82, 2.24) is 15.3 Å². The molecule has 0 bridgehead atoms. The molecule has 1 fully saturated rings. The van der Waals surface area contributed by atoms with Crippen molar-refractivity contribution in [2.24, 2.45) is 5.73 Å². The Bertz CT molecular complexity index is 1290. The summed E-state index contributed by atoms with van der Waals surface area (Å²) in [6.07, 6.45) is 0. The zero-order chi connectivity index (χ0) is 20.8. The first-order valence-electron chi connectivity index (χ1n) is 10.0. The lowest BCUT2D eigenvalue weighted by Crippen LogP contribution is -2.43. The lowest BCUT2D eigenvalue weighted by molar-refractivity contribution is 0.100. The summed E-state index contributed by atoms with van der Waals surface area (Å²) in [4.78, 5) is 22.8. The van der Waals surface area contributed by atoms with Crippen molar-refractivity contribution in [3.05, 3.63) is 53.6 Å². The summed E-state index contributed by atoms with van der Waals surface area (Å²) in [6, 6.07) is 13.2. The van der Waals surface area contributed by atoms with E-state index in [0.29, 0.717) is 22.3 Å². The molecule has 0 radical (unpaired) electrons. The van der Waals surface area contributed by atoms with Crippen LogP contribution in [0.25, 0.3) is 33.2 Å². The fourth-order valence-electron chi connectivity index (χ4n) is 4.12. The van der Waals surface area contributed by atoms with E-state index in [4.69, 9.17) is 10.7 Å². The first-order valence-corrected chi connectivity index (χ1v) is 10.0. The van der Waals surface area contributed by atoms with E-state index in [0.717, 1.165) is 53.9 Å². The van der Waals surface area contributed by atoms with Crippen molar-refractivity contribution in [2.45, 2.75) is 6.92 Å². The van der Waals surface area contributed by atoms with Crippen molar-refractivity contribution in [1.29, 1.82) is 0 Å². The highest BCUT2D eigenvalue weighted by molar-refractivity contribution is 6.14. The SMILES string of the molecule is Cc1cc(-c2cc(C(N)=O)c3[nH]c4cc(N5CCNCC5)ccc4c3n2)ccc1O. The van der Waals surface area contributed by atoms with Gasteiger partial charge in [-0.05, 0) is 55.0 Å². The van der Waals surface area contributed by atoms with Gasteiger partial charge in [0, 0.05) is 42.8 Å². The monoisotopic (exact) mass is 401 g/mol. The molecule has 3 heterocycles. The number of phenols is 1. The number of carbonyl (C=O) groups is 1. The molecule has 0 saturated carbocycles. The van der Waals surface area contributed by atoms with Crippen molar-refractivity contribution in [3.8, 4) is 17.0 Å². The second-order valence-corrected chi connectivity index (χ2v) is 7.74. The Morgan fingerprint density at radius 3 is 2.67 bits per heavy atom. The Hall–Kier alpha value is -3.58. The predicted octanol–water partition coefficient (Wildman–Crippen LogP) is 2.91. The number of H-pyrrole nitrogens is 1. The number of fused-ring (bicyclic) bond motifs is 3. The third-order valence-corrected chi connectivity index (χ3v) is 5.78. The summed E-state index contributed by atoms with van der Waals surface area (Å²) in [5.74, 6) is -0.282. The van der Waals surface area contributed by atoms with E-state index < -0.39 is 5.91 Å². The van der Waals surface area contributed by atoms with Gasteiger partial charge in [0.05, 0.1) is 27.8 Å². The number of piperazine rings is 1. The molecule has 0 aliphatic carbocycles. The van der Waals surface area contributed by atoms with E-state index >= 15 is 0 Å². The highest BCUT2D eigenvalue weighted by atomic mass is 16.3. The molecule has 0 atom stereocenters. The van der Waals surface area contributed by atoms with Crippen LogP contribution >= 0.6 is 0 Å². The van der Waals surface area contributed by atoms with Crippen LogP contribution in [0, 0.1) is 6.92 Å². The van der Waals surface area contributed by atoms with Gasteiger partial charge in [-0.25, -0.2) is 4.98 Å². The Labute approximate surface area is 173 Å². The van der Waals surface area contributed by atoms with Gasteiger partial charge in [-0.1, -0.05) is 0 Å². The molecule has 1 aliphatic rings. The number of aromatic amines is 1. The highest BCUT2D eigenvalue weighted by Gasteiger charge is 2.18. The number of anilines is 1. The molecule has 2 aromatic heterocycles. The number of nitrogens with two attached hydrogens (primary N) is 1. The molecule has 152 valence electrons. The second kappa shape index (κ2) is 7.03. The maximum absolute atomic E-state index is 12.2. The topological polar surface area (TPSA) is 107 Å². The molecule has 1 aliphatic heterocycles. The molecular formula is C23H23N5O2. The molecule has 7 nitrogen and oxygen atoms in total. The lowest BCUT2D eigenvalue weighted by Gasteiger charge is -2.29. The summed E-state index contributed by atoms with van der Waals surface area (Å²) in [6.45, 7) is 5.68. The van der Waals surface area contributed by atoms with E-state index in [2.05, 4.69) is 33.4 Å². The summed E-state index contributed by atoms with van der Waals surface area (Å²) in [5, 5.41) is 14.2. The second-order valence-electron chi connectivity index (χ2n) is 7.74. The average Bonchev–Trinajstić information content (AvgIpc) is 3.13. The fourth-order valence-corrected chi connectivity index (χ4v) is 4.12. The Balaban J connectivity index is 1.70. The van der Waals surface area contributed by atoms with Crippen LogP contribution in [0.15, 0.2) is 42.5 Å². The highest BCUT2D eigenvalue weighted by Crippen LogP contribution is 2.33. The van der Waals surface area contributed by atoms with Gasteiger partial charge >= 0.3 is 0 Å². The van der Waals surface area contributed by atoms with E-state index in [1.807, 2.05) is 13.0 Å². The molecule has 5 N–H and O–H groups in total. The van der Waals surface area contributed by atoms with E-state index in [-0.39, 0.29) is 5.75 Å². The minimum absolute atomic E-state index is 0.225. The number of phenolic OH excluding ortho intramolecular Hbond substituents is 1. The molecule has 2 aromatic carbocycles. The molecule has 0 unspecified atom stereocenters. The Morgan fingerprint density at radius 1 is 1.13 bits per heavy atom. The lowest BCUT2D eigenvalue weighted by atomic mass is 10.0. The van der Waals surface area contributed by atoms with Crippen molar-refractivity contribution >= 4 is 33.5 Å². The van der Waals surface area contributed by atoms with Gasteiger partial charge in [-0.2, -0.15) is 0 Å². The first-order chi connectivity index (χ1) is 14.5. The molecule has 30 heavy (non-hydrogen) atoms. The van der Waals surface area contributed by atoms with Crippen molar-refractivity contribution in [3.63, 3.8) is 0 Å². The minimum atomic E-state index is -0.506. The molecule has 1 amide bonds. The smallest absolute Gasteiger partial charge is 0.250 e. The van der Waals surface area contributed by atoms with Crippen LogP contribution < -0.4 is 16.0 Å². The number of nitrogens with one attached hydrogen (secondary N) is 2. The molecular weight excluding hydrogens is 378 g/mol. The number of carbonyl (C=O) groups excluding carboxylic acids is 1. The number of benzene rings is 2. The van der Waals surface area contributed by atoms with Gasteiger partial charge in [0.25, 0.3) is 5.91 Å². The number of nitrogens with zero attached hydrogens (tertiary/aromatic N) is 2. The third-order valence-electron chi connectivity index (χ3n) is 5.78. The molecule has 7 heteroatoms. The van der Waals surface area contributed by atoms with Crippen molar-refractivity contribution < 1.29 is 9.90 Å². The Kier molecular flexibility index (Phi) is 4.33. The maximum Gasteiger partial charge on any atom is 0.250 e. The van der Waals surface area contributed by atoms with Gasteiger partial charge in [-0.15, -0.1) is 0 Å². The van der Waals surface area contributed by atoms with Crippen LogP contribution in [0.1, 0.15) is 15.9 Å². The summed E-state index contributed by atoms with van der Waals surface area (Å²) < 4.78 is 0. The van der Waals surface area contributed by atoms with Gasteiger partial charge in [-0.3, -0.25) is 4.79 Å².